The normalized spacial score (nSPS) is 11.5. The number of rotatable bonds is 5. The van der Waals surface area contributed by atoms with Crippen LogP contribution in [0.1, 0.15) is 5.69 Å². The van der Waals surface area contributed by atoms with Crippen LogP contribution in [0.3, 0.4) is 0 Å². The van der Waals surface area contributed by atoms with Crippen LogP contribution in [0.4, 0.5) is 5.69 Å². The summed E-state index contributed by atoms with van der Waals surface area (Å²) in [5.41, 5.74) is 1.37. The molecule has 0 aliphatic rings. The molecule has 0 saturated heterocycles. The Kier molecular flexibility index (Phi) is 3.87. The summed E-state index contributed by atoms with van der Waals surface area (Å²) in [6, 6.07) is 8.54. The van der Waals surface area contributed by atoms with Crippen molar-refractivity contribution in [2.24, 2.45) is 7.05 Å². The fourth-order valence-corrected chi connectivity index (χ4v) is 2.94. The maximum Gasteiger partial charge on any atom is 0.242 e. The molecular formula is C12H16N4O2S. The van der Waals surface area contributed by atoms with E-state index in [1.54, 1.807) is 55.3 Å². The smallest absolute Gasteiger partial charge is 0.242 e. The Labute approximate surface area is 112 Å². The lowest BCUT2D eigenvalue weighted by Crippen LogP contribution is -2.25. The Morgan fingerprint density at radius 2 is 2.00 bits per heavy atom. The quantitative estimate of drug-likeness (QED) is 0.854. The minimum absolute atomic E-state index is 0.205. The van der Waals surface area contributed by atoms with Crippen molar-refractivity contribution in [3.8, 4) is 0 Å². The molecule has 6 nitrogen and oxygen atoms in total. The van der Waals surface area contributed by atoms with Crippen molar-refractivity contribution in [2.45, 2.75) is 11.4 Å². The van der Waals surface area contributed by atoms with Gasteiger partial charge in [-0.25, -0.2) is 13.1 Å². The number of nitrogens with one attached hydrogen (secondary N) is 2. The molecule has 19 heavy (non-hydrogen) atoms. The lowest BCUT2D eigenvalue weighted by Gasteiger charge is -2.11. The number of nitrogens with zero attached hydrogens (tertiary/aromatic N) is 2. The first-order valence-electron chi connectivity index (χ1n) is 5.78. The Hall–Kier alpha value is -1.86. The zero-order valence-corrected chi connectivity index (χ0v) is 11.6. The summed E-state index contributed by atoms with van der Waals surface area (Å²) in [6.45, 7) is 0.205. The van der Waals surface area contributed by atoms with Crippen LogP contribution >= 0.6 is 0 Å². The number of hydrogen-bond donors (Lipinski definition) is 2. The molecule has 1 aromatic heterocycles. The monoisotopic (exact) mass is 280 g/mol. The molecule has 1 heterocycles. The molecule has 2 N–H and O–H groups in total. The van der Waals surface area contributed by atoms with Gasteiger partial charge < -0.3 is 5.32 Å². The SMILES string of the molecule is CNc1ccccc1S(=O)(=O)NCc1ccnn1C. The first kappa shape index (κ1) is 13.6. The van der Waals surface area contributed by atoms with Gasteiger partial charge in [-0.15, -0.1) is 0 Å². The fraction of sp³-hybridized carbons (Fsp3) is 0.250. The molecule has 0 aliphatic heterocycles. The van der Waals surface area contributed by atoms with E-state index in [9.17, 15) is 8.42 Å². The number of sulfonamides is 1. The second-order valence-electron chi connectivity index (χ2n) is 4.02. The molecule has 2 rings (SSSR count). The molecule has 0 fully saturated rings. The Morgan fingerprint density at radius 1 is 1.26 bits per heavy atom. The number of hydrogen-bond acceptors (Lipinski definition) is 4. The minimum Gasteiger partial charge on any atom is -0.387 e. The summed E-state index contributed by atoms with van der Waals surface area (Å²) in [5.74, 6) is 0. The van der Waals surface area contributed by atoms with Gasteiger partial charge in [-0.1, -0.05) is 12.1 Å². The van der Waals surface area contributed by atoms with Crippen LogP contribution in [-0.2, 0) is 23.6 Å². The van der Waals surface area contributed by atoms with Gasteiger partial charge in [0.1, 0.15) is 4.90 Å². The van der Waals surface area contributed by atoms with E-state index in [-0.39, 0.29) is 11.4 Å². The third-order valence-electron chi connectivity index (χ3n) is 2.81. The van der Waals surface area contributed by atoms with Gasteiger partial charge >= 0.3 is 0 Å². The molecule has 0 saturated carbocycles. The van der Waals surface area contributed by atoms with Gasteiger partial charge in [-0.3, -0.25) is 4.68 Å². The summed E-state index contributed by atoms with van der Waals surface area (Å²) in [4.78, 5) is 0.236. The van der Waals surface area contributed by atoms with Gasteiger partial charge in [-0.2, -0.15) is 5.10 Å². The van der Waals surface area contributed by atoms with E-state index in [1.165, 1.54) is 0 Å². The molecule has 2 aromatic rings. The van der Waals surface area contributed by atoms with E-state index >= 15 is 0 Å². The van der Waals surface area contributed by atoms with E-state index < -0.39 is 10.0 Å². The van der Waals surface area contributed by atoms with Crippen LogP contribution in [0, 0.1) is 0 Å². The molecular weight excluding hydrogens is 264 g/mol. The van der Waals surface area contributed by atoms with E-state index in [2.05, 4.69) is 15.1 Å². The second-order valence-corrected chi connectivity index (χ2v) is 5.75. The summed E-state index contributed by atoms with van der Waals surface area (Å²) in [6.07, 6.45) is 1.63. The number of aromatic nitrogens is 2. The number of para-hydroxylation sites is 1. The second kappa shape index (κ2) is 5.41. The molecule has 0 unspecified atom stereocenters. The van der Waals surface area contributed by atoms with Crippen molar-refractivity contribution >= 4 is 15.7 Å². The largest absolute Gasteiger partial charge is 0.387 e. The lowest BCUT2D eigenvalue weighted by atomic mass is 10.3. The Bertz CT molecular complexity index is 664. The van der Waals surface area contributed by atoms with Gasteiger partial charge in [0.25, 0.3) is 0 Å². The molecule has 7 heteroatoms. The Balaban J connectivity index is 2.21. The highest BCUT2D eigenvalue weighted by atomic mass is 32.2. The third-order valence-corrected chi connectivity index (χ3v) is 4.27. The van der Waals surface area contributed by atoms with Gasteiger partial charge in [-0.05, 0) is 18.2 Å². The first-order chi connectivity index (χ1) is 9.04. The van der Waals surface area contributed by atoms with Crippen molar-refractivity contribution in [3.05, 3.63) is 42.2 Å². The zero-order valence-electron chi connectivity index (χ0n) is 10.8. The maximum atomic E-state index is 12.2. The van der Waals surface area contributed by atoms with Crippen LogP contribution in [0.25, 0.3) is 0 Å². The van der Waals surface area contributed by atoms with Crippen LogP contribution in [0.15, 0.2) is 41.4 Å². The highest BCUT2D eigenvalue weighted by molar-refractivity contribution is 7.89. The topological polar surface area (TPSA) is 76.0 Å². The molecule has 0 aliphatic carbocycles. The fourth-order valence-electron chi connectivity index (χ4n) is 1.73. The van der Waals surface area contributed by atoms with Crippen LogP contribution < -0.4 is 10.0 Å². The average molecular weight is 280 g/mol. The number of benzene rings is 1. The number of anilines is 1. The Morgan fingerprint density at radius 3 is 2.63 bits per heavy atom. The molecule has 0 amide bonds. The van der Waals surface area contributed by atoms with Crippen LogP contribution in [0.5, 0.6) is 0 Å². The van der Waals surface area contributed by atoms with E-state index in [1.807, 2.05) is 0 Å². The number of aryl methyl sites for hydroxylation is 1. The molecule has 102 valence electrons. The van der Waals surface area contributed by atoms with Crippen LogP contribution in [0.2, 0.25) is 0 Å². The minimum atomic E-state index is -3.55. The third kappa shape index (κ3) is 2.94. The van der Waals surface area contributed by atoms with E-state index in [4.69, 9.17) is 0 Å². The molecule has 0 atom stereocenters. The predicted octanol–water partition coefficient (Wildman–Crippen LogP) is 0.940. The van der Waals surface area contributed by atoms with E-state index in [0.717, 1.165) is 5.69 Å². The highest BCUT2D eigenvalue weighted by Gasteiger charge is 2.17. The van der Waals surface area contributed by atoms with Crippen molar-refractivity contribution in [1.29, 1.82) is 0 Å². The first-order valence-corrected chi connectivity index (χ1v) is 7.26. The summed E-state index contributed by atoms with van der Waals surface area (Å²) >= 11 is 0. The van der Waals surface area contributed by atoms with Crippen molar-refractivity contribution in [3.63, 3.8) is 0 Å². The maximum absolute atomic E-state index is 12.2. The highest BCUT2D eigenvalue weighted by Crippen LogP contribution is 2.19. The molecule has 1 aromatic carbocycles. The van der Waals surface area contributed by atoms with Gasteiger partial charge in [0, 0.05) is 20.3 Å². The summed E-state index contributed by atoms with van der Waals surface area (Å²) in [5, 5.41) is 6.86. The molecule has 0 radical (unpaired) electrons. The zero-order chi connectivity index (χ0) is 13.9. The van der Waals surface area contributed by atoms with E-state index in [0.29, 0.717) is 5.69 Å². The summed E-state index contributed by atoms with van der Waals surface area (Å²) in [7, 11) is -0.0905. The van der Waals surface area contributed by atoms with Crippen molar-refractivity contribution in [2.75, 3.05) is 12.4 Å². The van der Waals surface area contributed by atoms with Crippen molar-refractivity contribution < 1.29 is 8.42 Å². The molecule has 0 spiro atoms. The van der Waals surface area contributed by atoms with Gasteiger partial charge in [0.05, 0.1) is 17.9 Å². The van der Waals surface area contributed by atoms with Gasteiger partial charge in [0.15, 0.2) is 0 Å². The predicted molar refractivity (Wildman–Crippen MR) is 73.2 cm³/mol. The van der Waals surface area contributed by atoms with Crippen molar-refractivity contribution in [1.82, 2.24) is 14.5 Å². The standard InChI is InChI=1S/C12H16N4O2S/c1-13-11-5-3-4-6-12(11)19(17,18)15-9-10-7-8-14-16(10)2/h3-8,13,15H,9H2,1-2H3. The van der Waals surface area contributed by atoms with Crippen LogP contribution in [-0.4, -0.2) is 25.2 Å². The van der Waals surface area contributed by atoms with Gasteiger partial charge in [0.2, 0.25) is 10.0 Å². The lowest BCUT2D eigenvalue weighted by molar-refractivity contribution is 0.577. The average Bonchev–Trinajstić information content (AvgIpc) is 2.82. The summed E-state index contributed by atoms with van der Waals surface area (Å²) < 4.78 is 28.7. The molecule has 0 bridgehead atoms.